The first-order valence-corrected chi connectivity index (χ1v) is 6.98. The van der Waals surface area contributed by atoms with Gasteiger partial charge in [-0.25, -0.2) is 0 Å². The second-order valence-electron chi connectivity index (χ2n) is 3.79. The average molecular weight is 302 g/mol. The van der Waals surface area contributed by atoms with Crippen LogP contribution in [0.5, 0.6) is 5.75 Å². The van der Waals surface area contributed by atoms with Gasteiger partial charge in [-0.1, -0.05) is 44.2 Å². The van der Waals surface area contributed by atoms with Crippen molar-refractivity contribution in [1.29, 1.82) is 0 Å². The van der Waals surface area contributed by atoms with E-state index in [1.165, 1.54) is 7.11 Å². The van der Waals surface area contributed by atoms with Crippen molar-refractivity contribution in [3.63, 3.8) is 0 Å². The van der Waals surface area contributed by atoms with Crippen LogP contribution in [0, 0.1) is 0 Å². The van der Waals surface area contributed by atoms with E-state index in [0.29, 0.717) is 18.6 Å². The van der Waals surface area contributed by atoms with Crippen molar-refractivity contribution in [1.82, 2.24) is 0 Å². The van der Waals surface area contributed by atoms with Gasteiger partial charge < -0.3 is 9.47 Å². The van der Waals surface area contributed by atoms with Crippen molar-refractivity contribution < 1.29 is 19.1 Å². The molecule has 0 atom stereocenters. The van der Waals surface area contributed by atoms with E-state index < -0.39 is 0 Å². The quantitative estimate of drug-likeness (QED) is 0.786. The number of ether oxygens (including phenoxy) is 2. The summed E-state index contributed by atoms with van der Waals surface area (Å²) in [5.74, 6) is 0.773. The molecule has 0 amide bonds. The molecule has 0 spiro atoms. The van der Waals surface area contributed by atoms with E-state index in [1.54, 1.807) is 24.3 Å². The van der Waals surface area contributed by atoms with E-state index in [0.717, 1.165) is 17.6 Å². The van der Waals surface area contributed by atoms with Gasteiger partial charge in [-0.2, -0.15) is 0 Å². The number of rotatable bonds is 5. The Morgan fingerprint density at radius 3 is 1.91 bits per heavy atom. The second-order valence-corrected chi connectivity index (χ2v) is 3.79. The van der Waals surface area contributed by atoms with Gasteiger partial charge in [0.15, 0.2) is 0 Å². The second kappa shape index (κ2) is 13.4. The van der Waals surface area contributed by atoms with Crippen molar-refractivity contribution in [3.8, 4) is 5.75 Å². The van der Waals surface area contributed by atoms with Crippen LogP contribution in [0.4, 0.5) is 0 Å². The Balaban J connectivity index is 0.000000640. The fourth-order valence-corrected chi connectivity index (χ4v) is 1.38. The van der Waals surface area contributed by atoms with Crippen LogP contribution in [0.2, 0.25) is 0 Å². The summed E-state index contributed by atoms with van der Waals surface area (Å²) >= 11 is 0. The fraction of sp³-hybridized carbons (Fsp3) is 0.222. The van der Waals surface area contributed by atoms with Gasteiger partial charge in [-0.15, -0.1) is 0 Å². The molecule has 2 rings (SSSR count). The van der Waals surface area contributed by atoms with E-state index in [1.807, 2.05) is 44.2 Å². The number of hydrogen-bond donors (Lipinski definition) is 0. The predicted molar refractivity (Wildman–Crippen MR) is 87.0 cm³/mol. The standard InChI is InChI=1S/C14H12O2.C2H4O2.C2H6/c15-10-12-6-8-14(9-7-12)16-11-13-4-2-1-3-5-13;1-4-2-3;1-2/h1-10H,11H2;2H,1H3;1-2H3. The Hall–Kier alpha value is -2.62. The van der Waals surface area contributed by atoms with Crippen LogP contribution in [0.1, 0.15) is 29.8 Å². The minimum Gasteiger partial charge on any atom is -0.489 e. The Morgan fingerprint density at radius 1 is 0.909 bits per heavy atom. The smallest absolute Gasteiger partial charge is 0.292 e. The molecule has 0 aliphatic rings. The van der Waals surface area contributed by atoms with Crippen LogP contribution in [0.3, 0.4) is 0 Å². The summed E-state index contributed by atoms with van der Waals surface area (Å²) in [5, 5.41) is 0. The molecule has 2 aromatic carbocycles. The monoisotopic (exact) mass is 302 g/mol. The summed E-state index contributed by atoms with van der Waals surface area (Å²) in [5.41, 5.74) is 1.79. The van der Waals surface area contributed by atoms with Gasteiger partial charge in [0.05, 0.1) is 7.11 Å². The molecule has 118 valence electrons. The molecule has 0 aliphatic heterocycles. The van der Waals surface area contributed by atoms with Crippen molar-refractivity contribution in [2.45, 2.75) is 20.5 Å². The van der Waals surface area contributed by atoms with Gasteiger partial charge >= 0.3 is 0 Å². The van der Waals surface area contributed by atoms with E-state index in [2.05, 4.69) is 4.74 Å². The molecule has 4 nitrogen and oxygen atoms in total. The third kappa shape index (κ3) is 8.53. The van der Waals surface area contributed by atoms with Crippen LogP contribution >= 0.6 is 0 Å². The molecule has 0 aromatic heterocycles. The highest BCUT2D eigenvalue weighted by Gasteiger charge is 1.95. The van der Waals surface area contributed by atoms with Gasteiger partial charge in [-0.3, -0.25) is 9.59 Å². The molecule has 0 aliphatic carbocycles. The number of methoxy groups -OCH3 is 1. The lowest BCUT2D eigenvalue weighted by Crippen LogP contribution is -1.94. The average Bonchev–Trinajstić information content (AvgIpc) is 2.63. The normalized spacial score (nSPS) is 8.32. The van der Waals surface area contributed by atoms with E-state index in [-0.39, 0.29) is 0 Å². The van der Waals surface area contributed by atoms with Crippen LogP contribution < -0.4 is 4.74 Å². The maximum atomic E-state index is 10.5. The lowest BCUT2D eigenvalue weighted by Gasteiger charge is -2.05. The molecule has 22 heavy (non-hydrogen) atoms. The van der Waals surface area contributed by atoms with E-state index in [9.17, 15) is 4.79 Å². The molecule has 0 heterocycles. The molecule has 0 fully saturated rings. The number of carbonyl (C=O) groups is 2. The summed E-state index contributed by atoms with van der Waals surface area (Å²) in [6.07, 6.45) is 0.820. The summed E-state index contributed by atoms with van der Waals surface area (Å²) in [7, 11) is 1.31. The molecular weight excluding hydrogens is 280 g/mol. The third-order valence-corrected chi connectivity index (χ3v) is 2.36. The van der Waals surface area contributed by atoms with Crippen LogP contribution in [0.25, 0.3) is 0 Å². The van der Waals surface area contributed by atoms with Gasteiger partial charge in [0.2, 0.25) is 0 Å². The summed E-state index contributed by atoms with van der Waals surface area (Å²) < 4.78 is 9.44. The first-order valence-electron chi connectivity index (χ1n) is 6.98. The number of carbonyl (C=O) groups excluding carboxylic acids is 2. The number of hydrogen-bond acceptors (Lipinski definition) is 4. The summed E-state index contributed by atoms with van der Waals surface area (Å²) in [4.78, 5) is 19.4. The number of benzene rings is 2. The molecule has 0 saturated heterocycles. The zero-order valence-electron chi connectivity index (χ0n) is 13.2. The maximum Gasteiger partial charge on any atom is 0.292 e. The predicted octanol–water partition coefficient (Wildman–Crippen LogP) is 3.89. The first kappa shape index (κ1) is 19.4. The van der Waals surface area contributed by atoms with E-state index >= 15 is 0 Å². The zero-order chi connectivity index (χ0) is 16.6. The SMILES string of the molecule is CC.COC=O.O=Cc1ccc(OCc2ccccc2)cc1. The highest BCUT2D eigenvalue weighted by atomic mass is 16.5. The van der Waals surface area contributed by atoms with Gasteiger partial charge in [0.1, 0.15) is 18.6 Å². The first-order chi connectivity index (χ1) is 10.8. The van der Waals surface area contributed by atoms with Crippen molar-refractivity contribution in [2.24, 2.45) is 0 Å². The van der Waals surface area contributed by atoms with Crippen molar-refractivity contribution in [2.75, 3.05) is 7.11 Å². The molecule has 4 heteroatoms. The molecule has 0 saturated carbocycles. The Morgan fingerprint density at radius 2 is 1.45 bits per heavy atom. The Labute approximate surface area is 131 Å². The third-order valence-electron chi connectivity index (χ3n) is 2.36. The molecule has 0 bridgehead atoms. The highest BCUT2D eigenvalue weighted by molar-refractivity contribution is 5.74. The molecule has 2 aromatic rings. The van der Waals surface area contributed by atoms with Gasteiger partial charge in [-0.05, 0) is 29.8 Å². The highest BCUT2D eigenvalue weighted by Crippen LogP contribution is 2.13. The largest absolute Gasteiger partial charge is 0.489 e. The van der Waals surface area contributed by atoms with Crippen molar-refractivity contribution in [3.05, 3.63) is 65.7 Å². The Bertz CT molecular complexity index is 506. The van der Waals surface area contributed by atoms with Gasteiger partial charge in [0, 0.05) is 5.56 Å². The molecule has 0 unspecified atom stereocenters. The van der Waals surface area contributed by atoms with Crippen molar-refractivity contribution >= 4 is 12.8 Å². The fourth-order valence-electron chi connectivity index (χ4n) is 1.38. The molecular formula is C18H22O4. The summed E-state index contributed by atoms with van der Waals surface area (Å²) in [6.45, 7) is 4.92. The molecule has 0 radical (unpaired) electrons. The topological polar surface area (TPSA) is 52.6 Å². The minimum absolute atomic E-state index is 0.375. The number of aldehydes is 1. The zero-order valence-corrected chi connectivity index (χ0v) is 13.2. The van der Waals surface area contributed by atoms with Gasteiger partial charge in [0.25, 0.3) is 6.47 Å². The Kier molecular flexibility index (Phi) is 11.8. The lowest BCUT2D eigenvalue weighted by atomic mass is 10.2. The van der Waals surface area contributed by atoms with Crippen LogP contribution in [0.15, 0.2) is 54.6 Å². The maximum absolute atomic E-state index is 10.5. The summed E-state index contributed by atoms with van der Waals surface area (Å²) in [6, 6.07) is 17.0. The van der Waals surface area contributed by atoms with Crippen LogP contribution in [-0.4, -0.2) is 19.9 Å². The minimum atomic E-state index is 0.375. The van der Waals surface area contributed by atoms with Crippen LogP contribution in [-0.2, 0) is 16.1 Å². The van der Waals surface area contributed by atoms with E-state index in [4.69, 9.17) is 9.53 Å². The molecule has 0 N–H and O–H groups in total. The lowest BCUT2D eigenvalue weighted by molar-refractivity contribution is -0.126.